The maximum atomic E-state index is 14.3. The molecule has 0 amide bonds. The quantitative estimate of drug-likeness (QED) is 0.404. The number of aliphatic hydroxyl groups is 1. The van der Waals surface area contributed by atoms with Crippen LogP contribution in [0.15, 0.2) is 49.1 Å². The maximum absolute atomic E-state index is 14.3. The molecule has 0 aromatic carbocycles. The number of pyridine rings is 2. The zero-order valence-corrected chi connectivity index (χ0v) is 18.5. The summed E-state index contributed by atoms with van der Waals surface area (Å²) < 4.78 is 32.4. The van der Waals surface area contributed by atoms with E-state index in [1.807, 2.05) is 39.8 Å². The normalized spacial score (nSPS) is 20.0. The number of hydrogen-bond donors (Lipinski definition) is 3. The lowest BCUT2D eigenvalue weighted by Gasteiger charge is -2.32. The zero-order chi connectivity index (χ0) is 23.3. The van der Waals surface area contributed by atoms with E-state index in [2.05, 4.69) is 25.7 Å². The standard InChI is InChI=1S/C24H25F2N7O/c25-24(26)14-27-7-6-21(24)31-22-3-1-2-19(30-22)20-10-28-23-8-15(13-34)18(12-32(20)23)16-9-29-33(11-16)17-4-5-17/h1-3,8-12,17,21,27,34H,4-7,13-14H2,(H,30,31)/t21-/m1/s1. The Labute approximate surface area is 194 Å². The number of fused-ring (bicyclic) bond motifs is 1. The second-order valence-corrected chi connectivity index (χ2v) is 9.01. The molecule has 4 aromatic heterocycles. The molecule has 8 nitrogen and oxygen atoms in total. The summed E-state index contributed by atoms with van der Waals surface area (Å²) in [5.74, 6) is -2.45. The summed E-state index contributed by atoms with van der Waals surface area (Å²) in [6.07, 6.45) is 10.1. The van der Waals surface area contributed by atoms with Crippen LogP contribution in [0.25, 0.3) is 28.2 Å². The summed E-state index contributed by atoms with van der Waals surface area (Å²) in [5.41, 5.74) is 4.57. The van der Waals surface area contributed by atoms with Gasteiger partial charge in [0.1, 0.15) is 11.5 Å². The van der Waals surface area contributed by atoms with E-state index in [4.69, 9.17) is 0 Å². The Morgan fingerprint density at radius 1 is 1.18 bits per heavy atom. The number of imidazole rings is 1. The topological polar surface area (TPSA) is 92.3 Å². The van der Waals surface area contributed by atoms with Gasteiger partial charge < -0.3 is 15.7 Å². The number of nitrogens with zero attached hydrogens (tertiary/aromatic N) is 5. The highest BCUT2D eigenvalue weighted by Gasteiger charge is 2.41. The number of rotatable bonds is 6. The van der Waals surface area contributed by atoms with Gasteiger partial charge in [0.2, 0.25) is 0 Å². The van der Waals surface area contributed by atoms with Gasteiger partial charge >= 0.3 is 0 Å². The number of aliphatic hydroxyl groups excluding tert-OH is 1. The number of halogens is 2. The van der Waals surface area contributed by atoms with Crippen molar-refractivity contribution in [1.29, 1.82) is 0 Å². The molecule has 34 heavy (non-hydrogen) atoms. The fourth-order valence-corrected chi connectivity index (χ4v) is 4.51. The van der Waals surface area contributed by atoms with Gasteiger partial charge in [-0.15, -0.1) is 0 Å². The van der Waals surface area contributed by atoms with Crippen LogP contribution in [0.2, 0.25) is 0 Å². The van der Waals surface area contributed by atoms with Crippen molar-refractivity contribution >= 4 is 11.5 Å². The van der Waals surface area contributed by atoms with Crippen molar-refractivity contribution in [3.63, 3.8) is 0 Å². The van der Waals surface area contributed by atoms with Crippen molar-refractivity contribution in [2.75, 3.05) is 18.4 Å². The Morgan fingerprint density at radius 3 is 2.85 bits per heavy atom. The third kappa shape index (κ3) is 3.82. The predicted molar refractivity (Wildman–Crippen MR) is 124 cm³/mol. The number of alkyl halides is 2. The van der Waals surface area contributed by atoms with Crippen LogP contribution < -0.4 is 10.6 Å². The van der Waals surface area contributed by atoms with Gasteiger partial charge in [0.05, 0.1) is 49.0 Å². The van der Waals surface area contributed by atoms with Crippen molar-refractivity contribution in [3.8, 4) is 22.5 Å². The molecule has 4 aromatic rings. The van der Waals surface area contributed by atoms with Crippen molar-refractivity contribution in [1.82, 2.24) is 29.5 Å². The molecule has 1 saturated heterocycles. The monoisotopic (exact) mass is 465 g/mol. The van der Waals surface area contributed by atoms with Gasteiger partial charge in [-0.2, -0.15) is 5.10 Å². The summed E-state index contributed by atoms with van der Waals surface area (Å²) in [4.78, 5) is 9.11. The number of anilines is 1. The molecule has 10 heteroatoms. The number of piperidine rings is 1. The van der Waals surface area contributed by atoms with Gasteiger partial charge in [0, 0.05) is 23.5 Å². The third-order valence-electron chi connectivity index (χ3n) is 6.55. The van der Waals surface area contributed by atoms with Gasteiger partial charge in [-0.25, -0.2) is 18.7 Å². The van der Waals surface area contributed by atoms with E-state index in [1.54, 1.807) is 18.3 Å². The lowest BCUT2D eigenvalue weighted by atomic mass is 10.0. The van der Waals surface area contributed by atoms with Gasteiger partial charge in [-0.3, -0.25) is 9.08 Å². The molecule has 0 spiro atoms. The molecule has 3 N–H and O–H groups in total. The van der Waals surface area contributed by atoms with Gasteiger partial charge in [0.25, 0.3) is 5.92 Å². The number of aromatic nitrogens is 5. The van der Waals surface area contributed by atoms with Gasteiger partial charge in [0.15, 0.2) is 0 Å². The fraction of sp³-hybridized carbons (Fsp3) is 0.375. The largest absolute Gasteiger partial charge is 0.392 e. The zero-order valence-electron chi connectivity index (χ0n) is 18.5. The van der Waals surface area contributed by atoms with Crippen molar-refractivity contribution in [3.05, 3.63) is 54.6 Å². The Bertz CT molecular complexity index is 1340. The van der Waals surface area contributed by atoms with E-state index in [0.29, 0.717) is 36.2 Å². The average molecular weight is 466 g/mol. The van der Waals surface area contributed by atoms with Crippen LogP contribution in [0.3, 0.4) is 0 Å². The van der Waals surface area contributed by atoms with Crippen molar-refractivity contribution < 1.29 is 13.9 Å². The molecule has 0 bridgehead atoms. The van der Waals surface area contributed by atoms with E-state index in [9.17, 15) is 13.9 Å². The first-order valence-electron chi connectivity index (χ1n) is 11.5. The molecule has 1 atom stereocenters. The van der Waals surface area contributed by atoms with E-state index < -0.39 is 12.0 Å². The number of nitrogens with one attached hydrogen (secondary N) is 2. The molecule has 6 rings (SSSR count). The summed E-state index contributed by atoms with van der Waals surface area (Å²) in [7, 11) is 0. The third-order valence-corrected chi connectivity index (χ3v) is 6.55. The molecule has 2 fully saturated rings. The van der Waals surface area contributed by atoms with E-state index in [0.717, 1.165) is 35.2 Å². The Balaban J connectivity index is 1.36. The Morgan fingerprint density at radius 2 is 2.06 bits per heavy atom. The van der Waals surface area contributed by atoms with E-state index in [-0.39, 0.29) is 13.2 Å². The van der Waals surface area contributed by atoms with Crippen LogP contribution in [-0.4, -0.2) is 54.3 Å². The Hall–Kier alpha value is -3.37. The second-order valence-electron chi connectivity index (χ2n) is 9.01. The first kappa shape index (κ1) is 21.2. The SMILES string of the molecule is OCc1cc2ncc(-c3cccc(N[C@@H]4CCNCC4(F)F)n3)n2cc1-c1cnn(C2CC2)c1. The van der Waals surface area contributed by atoms with Crippen LogP contribution >= 0.6 is 0 Å². The van der Waals surface area contributed by atoms with Crippen LogP contribution in [0.5, 0.6) is 0 Å². The lowest BCUT2D eigenvalue weighted by molar-refractivity contribution is -0.0322. The molecule has 5 heterocycles. The minimum Gasteiger partial charge on any atom is -0.392 e. The van der Waals surface area contributed by atoms with E-state index >= 15 is 0 Å². The first-order valence-corrected chi connectivity index (χ1v) is 11.5. The molecular formula is C24H25F2N7O. The molecule has 0 radical (unpaired) electrons. The fourth-order valence-electron chi connectivity index (χ4n) is 4.51. The Kier molecular flexibility index (Phi) is 5.07. The molecule has 2 aliphatic rings. The van der Waals surface area contributed by atoms with Gasteiger partial charge in [-0.05, 0) is 49.6 Å². The number of hydrogen-bond acceptors (Lipinski definition) is 6. The molecule has 1 aliphatic heterocycles. The predicted octanol–water partition coefficient (Wildman–Crippen LogP) is 3.50. The summed E-state index contributed by atoms with van der Waals surface area (Å²) in [6, 6.07) is 6.68. The lowest BCUT2D eigenvalue weighted by Crippen LogP contribution is -2.52. The summed E-state index contributed by atoms with van der Waals surface area (Å²) >= 11 is 0. The minimum atomic E-state index is -2.85. The maximum Gasteiger partial charge on any atom is 0.279 e. The second kappa shape index (κ2) is 8.14. The smallest absolute Gasteiger partial charge is 0.279 e. The summed E-state index contributed by atoms with van der Waals surface area (Å²) in [5, 5.41) is 20.1. The highest BCUT2D eigenvalue weighted by Crippen LogP contribution is 2.36. The molecule has 0 unspecified atom stereocenters. The van der Waals surface area contributed by atoms with Crippen LogP contribution in [0.1, 0.15) is 30.9 Å². The highest BCUT2D eigenvalue weighted by atomic mass is 19.3. The molecule has 1 saturated carbocycles. The van der Waals surface area contributed by atoms with Crippen molar-refractivity contribution in [2.24, 2.45) is 0 Å². The molecule has 176 valence electrons. The molecular weight excluding hydrogens is 440 g/mol. The minimum absolute atomic E-state index is 0.120. The van der Waals surface area contributed by atoms with Crippen LogP contribution in [0, 0.1) is 0 Å². The first-order chi connectivity index (χ1) is 16.5. The average Bonchev–Trinajstić information content (AvgIpc) is 3.42. The summed E-state index contributed by atoms with van der Waals surface area (Å²) in [6.45, 7) is 0.0726. The van der Waals surface area contributed by atoms with E-state index in [1.165, 1.54) is 0 Å². The van der Waals surface area contributed by atoms with Crippen LogP contribution in [0.4, 0.5) is 14.6 Å². The van der Waals surface area contributed by atoms with Gasteiger partial charge in [-0.1, -0.05) is 6.07 Å². The van der Waals surface area contributed by atoms with Crippen molar-refractivity contribution in [2.45, 2.75) is 43.9 Å². The highest BCUT2D eigenvalue weighted by molar-refractivity contribution is 5.71. The van der Waals surface area contributed by atoms with Crippen LogP contribution in [-0.2, 0) is 6.61 Å². The molecule has 1 aliphatic carbocycles.